The van der Waals surface area contributed by atoms with E-state index in [4.69, 9.17) is 9.47 Å². The Balaban J connectivity index is 3.88. The van der Waals surface area contributed by atoms with Gasteiger partial charge >= 0.3 is 6.16 Å². The molecule has 0 N–H and O–H groups in total. The second-order valence-corrected chi connectivity index (χ2v) is 4.23. The average molecular weight is 214 g/mol. The van der Waals surface area contributed by atoms with Gasteiger partial charge in [-0.05, 0) is 33.3 Å². The van der Waals surface area contributed by atoms with Crippen LogP contribution < -0.4 is 0 Å². The predicted molar refractivity (Wildman–Crippen MR) is 60.8 cm³/mol. The normalized spacial score (nSPS) is 13.1. The predicted octanol–water partition coefficient (Wildman–Crippen LogP) is 3.68. The van der Waals surface area contributed by atoms with Crippen LogP contribution in [0.3, 0.4) is 0 Å². The van der Waals surface area contributed by atoms with Crippen molar-refractivity contribution in [3.63, 3.8) is 0 Å². The van der Waals surface area contributed by atoms with Gasteiger partial charge in [-0.15, -0.1) is 0 Å². The van der Waals surface area contributed by atoms with Gasteiger partial charge in [0.15, 0.2) is 0 Å². The highest BCUT2D eigenvalue weighted by Crippen LogP contribution is 2.13. The fourth-order valence-electron chi connectivity index (χ4n) is 0.995. The van der Waals surface area contributed by atoms with Crippen LogP contribution in [0.1, 0.15) is 47.0 Å². The van der Waals surface area contributed by atoms with Crippen molar-refractivity contribution in [2.75, 3.05) is 0 Å². The third-order valence-corrected chi connectivity index (χ3v) is 2.10. The molecule has 0 radical (unpaired) electrons. The Morgan fingerprint density at radius 3 is 2.60 bits per heavy atom. The van der Waals surface area contributed by atoms with E-state index in [9.17, 15) is 4.79 Å². The first kappa shape index (κ1) is 14.0. The maximum atomic E-state index is 11.3. The molecule has 0 saturated heterocycles. The molecule has 0 aromatic carbocycles. The van der Waals surface area contributed by atoms with Crippen molar-refractivity contribution in [1.82, 2.24) is 0 Å². The zero-order valence-electron chi connectivity index (χ0n) is 10.2. The summed E-state index contributed by atoms with van der Waals surface area (Å²) in [5, 5.41) is 0. The first-order valence-corrected chi connectivity index (χ1v) is 5.44. The molecule has 0 fully saturated rings. The number of hydrogen-bond acceptors (Lipinski definition) is 3. The van der Waals surface area contributed by atoms with Crippen LogP contribution in [-0.4, -0.2) is 17.9 Å². The van der Waals surface area contributed by atoms with E-state index >= 15 is 0 Å². The van der Waals surface area contributed by atoms with Crippen LogP contribution in [0.25, 0.3) is 0 Å². The first-order chi connectivity index (χ1) is 6.91. The number of rotatable bonds is 6. The van der Waals surface area contributed by atoms with Gasteiger partial charge in [0.25, 0.3) is 0 Å². The van der Waals surface area contributed by atoms with Crippen LogP contribution in [0, 0.1) is 0 Å². The second kappa shape index (κ2) is 6.49. The van der Waals surface area contributed by atoms with Gasteiger partial charge in [-0.3, -0.25) is 0 Å². The molecule has 1 atom stereocenters. The van der Waals surface area contributed by atoms with Crippen LogP contribution >= 0.6 is 0 Å². The maximum absolute atomic E-state index is 11.3. The Morgan fingerprint density at radius 1 is 1.53 bits per heavy atom. The molecular formula is C12H22O3. The Morgan fingerprint density at radius 2 is 2.13 bits per heavy atom. The molecule has 0 aromatic rings. The Kier molecular flexibility index (Phi) is 6.06. The molecule has 3 heteroatoms. The van der Waals surface area contributed by atoms with Crippen molar-refractivity contribution in [3.05, 3.63) is 12.7 Å². The quantitative estimate of drug-likeness (QED) is 0.499. The van der Waals surface area contributed by atoms with Crippen molar-refractivity contribution in [2.24, 2.45) is 0 Å². The summed E-state index contributed by atoms with van der Waals surface area (Å²) in [6.45, 7) is 11.1. The second-order valence-electron chi connectivity index (χ2n) is 4.23. The number of ether oxygens (including phenoxy) is 2. The molecule has 0 heterocycles. The highest BCUT2D eigenvalue weighted by molar-refractivity contribution is 5.61. The van der Waals surface area contributed by atoms with E-state index in [1.54, 1.807) is 19.9 Å². The number of carbonyl (C=O) groups is 1. The summed E-state index contributed by atoms with van der Waals surface area (Å²) in [6, 6.07) is 0. The summed E-state index contributed by atoms with van der Waals surface area (Å²) < 4.78 is 10.1. The largest absolute Gasteiger partial charge is 0.509 e. The van der Waals surface area contributed by atoms with Gasteiger partial charge in [0.05, 0.1) is 0 Å². The summed E-state index contributed by atoms with van der Waals surface area (Å²) in [6.07, 6.45) is 3.90. The van der Waals surface area contributed by atoms with Gasteiger partial charge < -0.3 is 9.47 Å². The minimum Gasteiger partial charge on any atom is -0.431 e. The maximum Gasteiger partial charge on any atom is 0.509 e. The molecule has 3 nitrogen and oxygen atoms in total. The van der Waals surface area contributed by atoms with Crippen LogP contribution in [0.4, 0.5) is 4.79 Å². The lowest BCUT2D eigenvalue weighted by Gasteiger charge is -2.21. The molecule has 0 spiro atoms. The highest BCUT2D eigenvalue weighted by atomic mass is 16.7. The third-order valence-electron chi connectivity index (χ3n) is 2.10. The smallest absolute Gasteiger partial charge is 0.431 e. The van der Waals surface area contributed by atoms with Crippen molar-refractivity contribution >= 4 is 6.16 Å². The molecule has 0 bridgehead atoms. The topological polar surface area (TPSA) is 35.5 Å². The molecule has 0 rings (SSSR count). The van der Waals surface area contributed by atoms with Crippen molar-refractivity contribution < 1.29 is 14.3 Å². The minimum atomic E-state index is -0.665. The van der Waals surface area contributed by atoms with Crippen LogP contribution in [-0.2, 0) is 9.47 Å². The first-order valence-electron chi connectivity index (χ1n) is 5.44. The van der Waals surface area contributed by atoms with Gasteiger partial charge in [-0.25, -0.2) is 4.79 Å². The Labute approximate surface area is 92.5 Å². The molecule has 0 amide bonds. The standard InChI is InChI=1S/C12H22O3/c1-6-8-9-10(3)14-11(13)15-12(4,5)7-2/h7,10H,2,6,8-9H2,1,3-5H3. The molecule has 0 aliphatic rings. The van der Waals surface area contributed by atoms with Gasteiger partial charge in [-0.2, -0.15) is 0 Å². The summed E-state index contributed by atoms with van der Waals surface area (Å²) in [7, 11) is 0. The Bertz CT molecular complexity index is 209. The lowest BCUT2D eigenvalue weighted by molar-refractivity contribution is -0.0139. The van der Waals surface area contributed by atoms with Gasteiger partial charge in [0.1, 0.15) is 11.7 Å². The summed E-state index contributed by atoms with van der Waals surface area (Å²) >= 11 is 0. The van der Waals surface area contributed by atoms with E-state index in [0.717, 1.165) is 19.3 Å². The van der Waals surface area contributed by atoms with E-state index in [-0.39, 0.29) is 6.10 Å². The van der Waals surface area contributed by atoms with Crippen LogP contribution in [0.2, 0.25) is 0 Å². The SMILES string of the molecule is C=CC(C)(C)OC(=O)OC(C)CCCC. The highest BCUT2D eigenvalue weighted by Gasteiger charge is 2.20. The van der Waals surface area contributed by atoms with Gasteiger partial charge in [0.2, 0.25) is 0 Å². The molecule has 0 aromatic heterocycles. The number of hydrogen-bond donors (Lipinski definition) is 0. The van der Waals surface area contributed by atoms with Crippen molar-refractivity contribution in [2.45, 2.75) is 58.7 Å². The molecule has 88 valence electrons. The molecule has 0 aliphatic heterocycles. The van der Waals surface area contributed by atoms with Gasteiger partial charge in [-0.1, -0.05) is 26.3 Å². The third kappa shape index (κ3) is 7.00. The number of carbonyl (C=O) groups excluding carboxylic acids is 1. The fourth-order valence-corrected chi connectivity index (χ4v) is 0.995. The molecular weight excluding hydrogens is 192 g/mol. The molecule has 1 unspecified atom stereocenters. The summed E-state index contributed by atoms with van der Waals surface area (Å²) in [5.41, 5.74) is -0.665. The zero-order chi connectivity index (χ0) is 11.9. The van der Waals surface area contributed by atoms with E-state index in [1.807, 2.05) is 6.92 Å². The lowest BCUT2D eigenvalue weighted by atomic mass is 10.1. The lowest BCUT2D eigenvalue weighted by Crippen LogP contribution is -2.27. The molecule has 0 saturated carbocycles. The van der Waals surface area contributed by atoms with Crippen molar-refractivity contribution in [3.8, 4) is 0 Å². The Hall–Kier alpha value is -0.990. The minimum absolute atomic E-state index is 0.0851. The van der Waals surface area contributed by atoms with Gasteiger partial charge in [0, 0.05) is 0 Å². The molecule has 0 aliphatic carbocycles. The average Bonchev–Trinajstić information content (AvgIpc) is 2.13. The van der Waals surface area contributed by atoms with E-state index in [0.29, 0.717) is 0 Å². The summed E-state index contributed by atoms with van der Waals surface area (Å²) in [4.78, 5) is 11.3. The summed E-state index contributed by atoms with van der Waals surface area (Å²) in [5.74, 6) is 0. The van der Waals surface area contributed by atoms with E-state index < -0.39 is 11.8 Å². The van der Waals surface area contributed by atoms with E-state index in [1.165, 1.54) is 0 Å². The number of unbranched alkanes of at least 4 members (excludes halogenated alkanes) is 1. The van der Waals surface area contributed by atoms with Crippen LogP contribution in [0.5, 0.6) is 0 Å². The van der Waals surface area contributed by atoms with E-state index in [2.05, 4.69) is 13.5 Å². The van der Waals surface area contributed by atoms with Crippen molar-refractivity contribution in [1.29, 1.82) is 0 Å². The monoisotopic (exact) mass is 214 g/mol. The molecule has 15 heavy (non-hydrogen) atoms. The fraction of sp³-hybridized carbons (Fsp3) is 0.750. The zero-order valence-corrected chi connectivity index (χ0v) is 10.2. The van der Waals surface area contributed by atoms with Crippen LogP contribution in [0.15, 0.2) is 12.7 Å².